The fraction of sp³-hybridized carbons (Fsp3) is 0.343. The summed E-state index contributed by atoms with van der Waals surface area (Å²) in [7, 11) is 0. The zero-order valence-corrected chi connectivity index (χ0v) is 26.4. The summed E-state index contributed by atoms with van der Waals surface area (Å²) < 4.78 is 0. The first-order valence-electron chi connectivity index (χ1n) is 16.3. The van der Waals surface area contributed by atoms with Crippen LogP contribution >= 0.6 is 0 Å². The van der Waals surface area contributed by atoms with Crippen LogP contribution in [0, 0.1) is 17.2 Å². The number of nitrogens with zero attached hydrogens (tertiary/aromatic N) is 4. The normalized spacial score (nSPS) is 16.0. The number of carbonyl (C=O) groups is 2. The van der Waals surface area contributed by atoms with Crippen molar-refractivity contribution in [3.63, 3.8) is 0 Å². The average Bonchev–Trinajstić information content (AvgIpc) is 3.80. The van der Waals surface area contributed by atoms with Crippen LogP contribution in [0.4, 0.5) is 11.4 Å². The molecule has 0 saturated carbocycles. The van der Waals surface area contributed by atoms with Crippen LogP contribution in [0.15, 0.2) is 79.4 Å². The average molecular weight is 635 g/mol. The minimum atomic E-state index is -0.0391. The van der Waals surface area contributed by atoms with Gasteiger partial charge in [0.15, 0.2) is 5.96 Å². The molecule has 244 valence electrons. The number of likely N-dealkylation sites (tertiary alicyclic amines) is 2. The van der Waals surface area contributed by atoms with Crippen molar-refractivity contribution in [3.05, 3.63) is 84.9 Å². The van der Waals surface area contributed by atoms with Gasteiger partial charge in [-0.05, 0) is 75.0 Å². The maximum Gasteiger partial charge on any atom is 0.227 e. The number of guanidine groups is 1. The number of piperidine rings is 2. The van der Waals surface area contributed by atoms with E-state index in [1.807, 2.05) is 24.4 Å². The third-order valence-electron chi connectivity index (χ3n) is 9.16. The first kappa shape index (κ1) is 31.7. The number of H-pyrrole nitrogens is 2. The van der Waals surface area contributed by atoms with Crippen LogP contribution in [0.2, 0.25) is 0 Å². The second-order valence-electron chi connectivity index (χ2n) is 12.2. The first-order chi connectivity index (χ1) is 22.9. The van der Waals surface area contributed by atoms with E-state index < -0.39 is 0 Å². The molecule has 4 aromatic heterocycles. The molecule has 0 unspecified atom stereocenters. The van der Waals surface area contributed by atoms with Gasteiger partial charge in [-0.1, -0.05) is 30.3 Å². The Bertz CT molecular complexity index is 1800. The summed E-state index contributed by atoms with van der Waals surface area (Å²) in [5, 5.41) is 15.4. The molecule has 0 atom stereocenters. The molecule has 2 fully saturated rings. The SMILES string of the molecule is N=C(N)N1CCC(C(=O)Nc2ccnc3[nH]ccc23)CC1.O=C(Nc1ccnc2[nH]ccc12)C1CCN(CCc2ccccc2)CC1. The summed E-state index contributed by atoms with van der Waals surface area (Å²) in [5.74, 6) is 0.276. The largest absolute Gasteiger partial charge is 0.370 e. The summed E-state index contributed by atoms with van der Waals surface area (Å²) in [4.78, 5) is 43.8. The van der Waals surface area contributed by atoms with Gasteiger partial charge >= 0.3 is 0 Å². The monoisotopic (exact) mass is 634 g/mol. The Kier molecular flexibility index (Phi) is 10.1. The van der Waals surface area contributed by atoms with E-state index in [1.54, 1.807) is 29.6 Å². The van der Waals surface area contributed by atoms with Crippen molar-refractivity contribution in [2.24, 2.45) is 17.6 Å². The van der Waals surface area contributed by atoms with Crippen LogP contribution in [0.1, 0.15) is 31.2 Å². The molecule has 6 heterocycles. The zero-order valence-electron chi connectivity index (χ0n) is 26.4. The van der Waals surface area contributed by atoms with Crippen molar-refractivity contribution in [2.75, 3.05) is 43.4 Å². The molecular formula is C35H42N10O2. The number of nitrogens with one attached hydrogen (secondary N) is 5. The van der Waals surface area contributed by atoms with Crippen LogP contribution < -0.4 is 16.4 Å². The number of benzene rings is 1. The molecule has 2 aliphatic rings. The van der Waals surface area contributed by atoms with Crippen molar-refractivity contribution in [1.29, 1.82) is 5.41 Å². The third-order valence-corrected chi connectivity index (χ3v) is 9.16. The van der Waals surface area contributed by atoms with Crippen molar-refractivity contribution in [3.8, 4) is 0 Å². The molecule has 1 aromatic carbocycles. The Hall–Kier alpha value is -5.23. The number of anilines is 2. The number of hydrogen-bond donors (Lipinski definition) is 6. The molecule has 47 heavy (non-hydrogen) atoms. The smallest absolute Gasteiger partial charge is 0.227 e. The van der Waals surface area contributed by atoms with Gasteiger partial charge in [0.1, 0.15) is 11.3 Å². The fourth-order valence-electron chi connectivity index (χ4n) is 6.34. The van der Waals surface area contributed by atoms with Crippen molar-refractivity contribution in [2.45, 2.75) is 32.1 Å². The highest BCUT2D eigenvalue weighted by Crippen LogP contribution is 2.25. The van der Waals surface area contributed by atoms with Crippen molar-refractivity contribution >= 4 is 51.2 Å². The molecule has 12 heteroatoms. The van der Waals surface area contributed by atoms with Gasteiger partial charge in [0, 0.05) is 67.0 Å². The van der Waals surface area contributed by atoms with Crippen LogP contribution in [0.3, 0.4) is 0 Å². The molecule has 7 N–H and O–H groups in total. The second kappa shape index (κ2) is 14.9. The van der Waals surface area contributed by atoms with Crippen LogP contribution in [0.25, 0.3) is 22.1 Å². The topological polar surface area (TPSA) is 172 Å². The molecule has 2 amide bonds. The van der Waals surface area contributed by atoms with Gasteiger partial charge < -0.3 is 36.1 Å². The summed E-state index contributed by atoms with van der Waals surface area (Å²) >= 11 is 0. The second-order valence-corrected chi connectivity index (χ2v) is 12.2. The lowest BCUT2D eigenvalue weighted by Gasteiger charge is -2.31. The van der Waals surface area contributed by atoms with Gasteiger partial charge in [-0.2, -0.15) is 0 Å². The quantitative estimate of drug-likeness (QED) is 0.112. The minimum Gasteiger partial charge on any atom is -0.370 e. The highest BCUT2D eigenvalue weighted by molar-refractivity contribution is 6.01. The maximum absolute atomic E-state index is 12.7. The fourth-order valence-corrected chi connectivity index (χ4v) is 6.34. The number of pyridine rings is 2. The van der Waals surface area contributed by atoms with Crippen molar-refractivity contribution in [1.82, 2.24) is 29.7 Å². The molecule has 12 nitrogen and oxygen atoms in total. The van der Waals surface area contributed by atoms with Crippen LogP contribution in [-0.4, -0.2) is 80.2 Å². The number of nitrogens with two attached hydrogens (primary N) is 1. The summed E-state index contributed by atoms with van der Waals surface area (Å²) in [6, 6.07) is 18.1. The van der Waals surface area contributed by atoms with Gasteiger partial charge in [-0.25, -0.2) is 9.97 Å². The summed E-state index contributed by atoms with van der Waals surface area (Å²) in [6.45, 7) is 4.35. The third kappa shape index (κ3) is 7.95. The lowest BCUT2D eigenvalue weighted by atomic mass is 9.95. The molecule has 2 saturated heterocycles. The van der Waals surface area contributed by atoms with E-state index in [-0.39, 0.29) is 29.6 Å². The molecule has 0 aliphatic carbocycles. The molecule has 0 bridgehead atoms. The number of aromatic amines is 2. The molecular weight excluding hydrogens is 592 g/mol. The number of rotatable bonds is 7. The van der Waals surface area contributed by atoms with Gasteiger partial charge in [-0.15, -0.1) is 0 Å². The Labute approximate surface area is 273 Å². The standard InChI is InChI=1S/C21H24N4O.C14H18N6O/c26-21(24-19-7-12-23-20-18(19)6-11-22-20)17-9-14-25(15-10-17)13-8-16-4-2-1-3-5-16;15-14(16)20-7-3-9(4-8-20)13(21)19-11-2-6-18-12-10(11)1-5-17-12/h1-7,11-12,17H,8-10,13-15H2,(H2,22,23,24,26);1-2,5-6,9H,3-4,7-8H2,(H3,15,16)(H2,17,18,19,21). The van der Waals surface area contributed by atoms with E-state index in [0.29, 0.717) is 25.9 Å². The van der Waals surface area contributed by atoms with Gasteiger partial charge in [-0.3, -0.25) is 15.0 Å². The van der Waals surface area contributed by atoms with E-state index in [9.17, 15) is 9.59 Å². The predicted octanol–water partition coefficient (Wildman–Crippen LogP) is 4.56. The highest BCUT2D eigenvalue weighted by atomic mass is 16.2. The first-order valence-corrected chi connectivity index (χ1v) is 16.3. The Balaban J connectivity index is 0.000000168. The van der Waals surface area contributed by atoms with Crippen molar-refractivity contribution < 1.29 is 9.59 Å². The van der Waals surface area contributed by atoms with Gasteiger partial charge in [0.05, 0.1) is 11.4 Å². The van der Waals surface area contributed by atoms with Crippen LogP contribution in [0.5, 0.6) is 0 Å². The number of aromatic nitrogens is 4. The molecule has 5 aromatic rings. The molecule has 0 spiro atoms. The Morgan fingerprint density at radius 3 is 1.79 bits per heavy atom. The number of carbonyl (C=O) groups excluding carboxylic acids is 2. The number of fused-ring (bicyclic) bond motifs is 2. The molecule has 7 rings (SSSR count). The predicted molar refractivity (Wildman–Crippen MR) is 185 cm³/mol. The number of hydrogen-bond acceptors (Lipinski definition) is 6. The van der Waals surface area contributed by atoms with Gasteiger partial charge in [0.25, 0.3) is 0 Å². The van der Waals surface area contributed by atoms with E-state index in [4.69, 9.17) is 11.1 Å². The summed E-state index contributed by atoms with van der Waals surface area (Å²) in [6.07, 6.45) is 11.4. The van der Waals surface area contributed by atoms with E-state index in [0.717, 1.165) is 72.3 Å². The zero-order chi connectivity index (χ0) is 32.6. The Morgan fingerprint density at radius 1 is 0.766 bits per heavy atom. The molecule has 2 aliphatic heterocycles. The van der Waals surface area contributed by atoms with E-state index >= 15 is 0 Å². The number of amides is 2. The molecule has 0 radical (unpaired) electrons. The van der Waals surface area contributed by atoms with E-state index in [1.165, 1.54) is 5.56 Å². The Morgan fingerprint density at radius 2 is 1.28 bits per heavy atom. The summed E-state index contributed by atoms with van der Waals surface area (Å²) in [5.41, 5.74) is 10.0. The van der Waals surface area contributed by atoms with Crippen LogP contribution in [-0.2, 0) is 16.0 Å². The van der Waals surface area contributed by atoms with Gasteiger partial charge in [0.2, 0.25) is 11.8 Å². The maximum atomic E-state index is 12.7. The lowest BCUT2D eigenvalue weighted by molar-refractivity contribution is -0.121. The van der Waals surface area contributed by atoms with E-state index in [2.05, 4.69) is 65.8 Å². The lowest BCUT2D eigenvalue weighted by Crippen LogP contribution is -2.44. The highest BCUT2D eigenvalue weighted by Gasteiger charge is 2.27. The minimum absolute atomic E-state index is 0.0203.